The molecule has 0 bridgehead atoms. The zero-order valence-corrected chi connectivity index (χ0v) is 19.0. The van der Waals surface area contributed by atoms with E-state index < -0.39 is 21.7 Å². The maximum Gasteiger partial charge on any atom is 0.223 e. The van der Waals surface area contributed by atoms with Gasteiger partial charge in [0.1, 0.15) is 17.0 Å². The molecule has 3 aromatic rings. The lowest BCUT2D eigenvalue weighted by Gasteiger charge is -2.30. The Morgan fingerprint density at radius 3 is 2.50 bits per heavy atom. The Morgan fingerprint density at radius 1 is 1.12 bits per heavy atom. The van der Waals surface area contributed by atoms with E-state index in [-0.39, 0.29) is 23.2 Å². The van der Waals surface area contributed by atoms with Crippen molar-refractivity contribution in [2.75, 3.05) is 24.7 Å². The number of aromatic nitrogens is 3. The molecule has 0 saturated carbocycles. The predicted octanol–water partition coefficient (Wildman–Crippen LogP) is 3.68. The second kappa shape index (κ2) is 8.67. The number of nitrogens with one attached hydrogen (secondary N) is 1. The number of nitrogens with zero attached hydrogens (tertiary/aromatic N) is 4. The van der Waals surface area contributed by atoms with Crippen LogP contribution >= 0.6 is 0 Å². The summed E-state index contributed by atoms with van der Waals surface area (Å²) >= 11 is 0. The van der Waals surface area contributed by atoms with Crippen molar-refractivity contribution in [3.8, 4) is 11.3 Å². The molecule has 0 radical (unpaired) electrons. The highest BCUT2D eigenvalue weighted by molar-refractivity contribution is 7.88. The van der Waals surface area contributed by atoms with Crippen LogP contribution in [-0.2, 0) is 16.4 Å². The van der Waals surface area contributed by atoms with Crippen molar-refractivity contribution in [2.45, 2.75) is 39.2 Å². The van der Waals surface area contributed by atoms with Gasteiger partial charge in [0.15, 0.2) is 5.82 Å². The highest BCUT2D eigenvalue weighted by atomic mass is 32.2. The molecule has 170 valence electrons. The third-order valence-corrected chi connectivity index (χ3v) is 7.04. The van der Waals surface area contributed by atoms with Crippen molar-refractivity contribution in [1.29, 1.82) is 0 Å². The third kappa shape index (κ3) is 4.56. The molecule has 1 fully saturated rings. The third-order valence-electron chi connectivity index (χ3n) is 5.74. The molecule has 1 aromatic carbocycles. The molecule has 4 rings (SSSR count). The van der Waals surface area contributed by atoms with E-state index in [1.54, 1.807) is 6.07 Å². The van der Waals surface area contributed by atoms with Gasteiger partial charge in [0.2, 0.25) is 16.0 Å². The van der Waals surface area contributed by atoms with E-state index in [2.05, 4.69) is 20.3 Å². The standard InChI is InChI=1S/C22H25F2N5O2S/c1-4-14-9-13(2)26-21-17(14)10-15(11-18(21)23)20-19(24)12-25-22(28-20)27-16-5-7-29(8-6-16)32(3,30)31/h9-12,16H,4-8H2,1-3H3,(H,25,27,28). The number of rotatable bonds is 5. The molecule has 10 heteroatoms. The van der Waals surface area contributed by atoms with Crippen molar-refractivity contribution in [2.24, 2.45) is 0 Å². The average molecular weight is 462 g/mol. The normalized spacial score (nSPS) is 15.9. The number of aryl methyl sites for hydroxylation is 2. The van der Waals surface area contributed by atoms with Gasteiger partial charge in [-0.05, 0) is 49.9 Å². The number of hydrogen-bond acceptors (Lipinski definition) is 6. The van der Waals surface area contributed by atoms with Gasteiger partial charge in [-0.25, -0.2) is 31.5 Å². The first-order valence-corrected chi connectivity index (χ1v) is 12.3. The van der Waals surface area contributed by atoms with Crippen molar-refractivity contribution < 1.29 is 17.2 Å². The van der Waals surface area contributed by atoms with E-state index in [0.717, 1.165) is 17.5 Å². The number of piperidine rings is 1. The molecule has 7 nitrogen and oxygen atoms in total. The van der Waals surface area contributed by atoms with E-state index in [1.165, 1.54) is 16.6 Å². The molecule has 3 heterocycles. The Kier molecular flexibility index (Phi) is 6.09. The first-order chi connectivity index (χ1) is 15.2. The molecular weight excluding hydrogens is 436 g/mol. The number of halogens is 2. The fourth-order valence-corrected chi connectivity index (χ4v) is 4.95. The first-order valence-electron chi connectivity index (χ1n) is 10.5. The molecule has 0 amide bonds. The topological polar surface area (TPSA) is 88.1 Å². The summed E-state index contributed by atoms with van der Waals surface area (Å²) in [5.74, 6) is -0.964. The van der Waals surface area contributed by atoms with Gasteiger partial charge in [-0.1, -0.05) is 6.92 Å². The monoisotopic (exact) mass is 461 g/mol. The van der Waals surface area contributed by atoms with Crippen LogP contribution < -0.4 is 5.32 Å². The average Bonchev–Trinajstić information content (AvgIpc) is 2.74. The van der Waals surface area contributed by atoms with Crippen LogP contribution in [0.4, 0.5) is 14.7 Å². The van der Waals surface area contributed by atoms with Crippen LogP contribution in [-0.4, -0.2) is 53.1 Å². The SMILES string of the molecule is CCc1cc(C)nc2c(F)cc(-c3nc(NC4CCN(S(C)(=O)=O)CC4)ncc3F)cc12. The summed E-state index contributed by atoms with van der Waals surface area (Å²) in [7, 11) is -3.22. The van der Waals surface area contributed by atoms with Gasteiger partial charge < -0.3 is 5.32 Å². The lowest BCUT2D eigenvalue weighted by atomic mass is 10.0. The first kappa shape index (κ1) is 22.5. The van der Waals surface area contributed by atoms with Gasteiger partial charge in [0.05, 0.1) is 12.5 Å². The number of benzene rings is 1. The molecule has 0 unspecified atom stereocenters. The highest BCUT2D eigenvalue weighted by Crippen LogP contribution is 2.30. The van der Waals surface area contributed by atoms with Crippen LogP contribution in [0.3, 0.4) is 0 Å². The summed E-state index contributed by atoms with van der Waals surface area (Å²) in [5, 5.41) is 3.79. The van der Waals surface area contributed by atoms with Gasteiger partial charge in [-0.15, -0.1) is 0 Å². The quantitative estimate of drug-likeness (QED) is 0.624. The molecular formula is C22H25F2N5O2S. The zero-order chi connectivity index (χ0) is 23.0. The van der Waals surface area contributed by atoms with E-state index in [4.69, 9.17) is 0 Å². The van der Waals surface area contributed by atoms with Crippen molar-refractivity contribution in [3.05, 3.63) is 47.3 Å². The summed E-state index contributed by atoms with van der Waals surface area (Å²) in [6, 6.07) is 4.81. The predicted molar refractivity (Wildman–Crippen MR) is 120 cm³/mol. The lowest BCUT2D eigenvalue weighted by molar-refractivity contribution is 0.331. The highest BCUT2D eigenvalue weighted by Gasteiger charge is 2.25. The summed E-state index contributed by atoms with van der Waals surface area (Å²) in [6.07, 6.45) is 4.11. The number of fused-ring (bicyclic) bond motifs is 1. The van der Waals surface area contributed by atoms with Gasteiger partial charge in [-0.2, -0.15) is 0 Å². The fourth-order valence-electron chi connectivity index (χ4n) is 4.08. The molecule has 1 N–H and O–H groups in total. The van der Waals surface area contributed by atoms with Gasteiger partial charge in [-0.3, -0.25) is 4.98 Å². The number of anilines is 1. The van der Waals surface area contributed by atoms with E-state index >= 15 is 0 Å². The molecule has 1 aliphatic heterocycles. The Morgan fingerprint density at radius 2 is 1.84 bits per heavy atom. The smallest absolute Gasteiger partial charge is 0.223 e. The van der Waals surface area contributed by atoms with Crippen LogP contribution in [0.2, 0.25) is 0 Å². The van der Waals surface area contributed by atoms with E-state index in [0.29, 0.717) is 43.3 Å². The minimum absolute atomic E-state index is 0.000463. The van der Waals surface area contributed by atoms with Crippen LogP contribution in [0.25, 0.3) is 22.2 Å². The number of pyridine rings is 1. The Balaban J connectivity index is 1.64. The summed E-state index contributed by atoms with van der Waals surface area (Å²) in [4.78, 5) is 12.6. The summed E-state index contributed by atoms with van der Waals surface area (Å²) in [5.41, 5.74) is 2.22. The van der Waals surface area contributed by atoms with E-state index in [1.807, 2.05) is 19.9 Å². The number of hydrogen-bond donors (Lipinski definition) is 1. The van der Waals surface area contributed by atoms with Crippen LogP contribution in [0, 0.1) is 18.6 Å². The molecule has 2 aromatic heterocycles. The molecule has 0 spiro atoms. The summed E-state index contributed by atoms with van der Waals surface area (Å²) < 4.78 is 54.3. The fraction of sp³-hybridized carbons (Fsp3) is 0.409. The molecule has 0 aliphatic carbocycles. The minimum atomic E-state index is -3.22. The Bertz CT molecular complexity index is 1280. The largest absolute Gasteiger partial charge is 0.351 e. The van der Waals surface area contributed by atoms with Gasteiger partial charge in [0, 0.05) is 35.8 Å². The number of sulfonamides is 1. The van der Waals surface area contributed by atoms with Crippen molar-refractivity contribution in [3.63, 3.8) is 0 Å². The molecule has 32 heavy (non-hydrogen) atoms. The molecule has 1 aliphatic rings. The maximum atomic E-state index is 14.9. The van der Waals surface area contributed by atoms with Crippen LogP contribution in [0.5, 0.6) is 0 Å². The second-order valence-corrected chi connectivity index (χ2v) is 10.1. The van der Waals surface area contributed by atoms with Gasteiger partial charge in [0.25, 0.3) is 0 Å². The molecule has 0 atom stereocenters. The summed E-state index contributed by atoms with van der Waals surface area (Å²) in [6.45, 7) is 4.58. The van der Waals surface area contributed by atoms with Crippen LogP contribution in [0.15, 0.2) is 24.4 Å². The van der Waals surface area contributed by atoms with Crippen LogP contribution in [0.1, 0.15) is 31.0 Å². The van der Waals surface area contributed by atoms with E-state index in [9.17, 15) is 17.2 Å². The van der Waals surface area contributed by atoms with Crippen molar-refractivity contribution >= 4 is 26.9 Å². The molecule has 1 saturated heterocycles. The Labute approximate surface area is 186 Å². The lowest BCUT2D eigenvalue weighted by Crippen LogP contribution is -2.42. The van der Waals surface area contributed by atoms with Gasteiger partial charge >= 0.3 is 0 Å². The van der Waals surface area contributed by atoms with Crippen molar-refractivity contribution in [1.82, 2.24) is 19.3 Å². The Hall–Kier alpha value is -2.72. The second-order valence-electron chi connectivity index (χ2n) is 8.10. The zero-order valence-electron chi connectivity index (χ0n) is 18.2. The maximum absolute atomic E-state index is 14.9. The minimum Gasteiger partial charge on any atom is -0.351 e.